The van der Waals surface area contributed by atoms with Crippen molar-refractivity contribution in [3.63, 3.8) is 0 Å². The molecule has 0 radical (unpaired) electrons. The van der Waals surface area contributed by atoms with Crippen LogP contribution in [0, 0.1) is 0 Å². The first-order valence-electron chi connectivity index (χ1n) is 12.5. The normalized spacial score (nSPS) is 11.9. The van der Waals surface area contributed by atoms with Crippen molar-refractivity contribution in [3.05, 3.63) is 60.3 Å². The zero-order chi connectivity index (χ0) is 26.1. The Balaban J connectivity index is 2.02. The number of fused-ring (bicyclic) bond motifs is 1. The Morgan fingerprint density at radius 2 is 1.53 bits per heavy atom. The smallest absolute Gasteiger partial charge is 0.310 e. The van der Waals surface area contributed by atoms with Crippen LogP contribution < -0.4 is 10.1 Å². The number of rotatable bonds is 12. The molecule has 0 aliphatic rings. The van der Waals surface area contributed by atoms with Gasteiger partial charge in [0.2, 0.25) is 0 Å². The Hall–Kier alpha value is -3.65. The van der Waals surface area contributed by atoms with E-state index in [-0.39, 0.29) is 36.8 Å². The minimum Gasteiger partial charge on any atom is -0.459 e. The van der Waals surface area contributed by atoms with E-state index in [4.69, 9.17) is 9.47 Å². The van der Waals surface area contributed by atoms with Crippen molar-refractivity contribution < 1.29 is 23.9 Å². The lowest BCUT2D eigenvalue weighted by Gasteiger charge is -2.25. The maximum Gasteiger partial charge on any atom is 0.310 e. The summed E-state index contributed by atoms with van der Waals surface area (Å²) in [5, 5.41) is 3.59. The van der Waals surface area contributed by atoms with E-state index < -0.39 is 18.0 Å². The second-order valence-corrected chi connectivity index (χ2v) is 8.35. The van der Waals surface area contributed by atoms with Crippen LogP contribution in [0.4, 0.5) is 0 Å². The summed E-state index contributed by atoms with van der Waals surface area (Å²) in [6.45, 7) is 9.73. The molecule has 0 fully saturated rings. The fourth-order valence-corrected chi connectivity index (χ4v) is 4.02. The highest BCUT2D eigenvalue weighted by Crippen LogP contribution is 2.36. The van der Waals surface area contributed by atoms with E-state index in [0.717, 1.165) is 24.3 Å². The molecule has 0 saturated carbocycles. The number of ether oxygens (including phenoxy) is 2. The van der Waals surface area contributed by atoms with Gasteiger partial charge in [-0.15, -0.1) is 0 Å². The molecule has 3 rings (SSSR count). The van der Waals surface area contributed by atoms with E-state index in [1.807, 2.05) is 68.4 Å². The molecule has 0 aliphatic heterocycles. The lowest BCUT2D eigenvalue weighted by atomic mass is 10.2. The van der Waals surface area contributed by atoms with Gasteiger partial charge >= 0.3 is 11.9 Å². The largest absolute Gasteiger partial charge is 0.459 e. The van der Waals surface area contributed by atoms with Crippen LogP contribution in [0.5, 0.6) is 5.75 Å². The van der Waals surface area contributed by atoms with Crippen molar-refractivity contribution in [2.75, 3.05) is 26.2 Å². The van der Waals surface area contributed by atoms with Gasteiger partial charge in [-0.3, -0.25) is 14.4 Å². The zero-order valence-electron chi connectivity index (χ0n) is 21.5. The fourth-order valence-electron chi connectivity index (χ4n) is 4.02. The average Bonchev–Trinajstić information content (AvgIpc) is 3.24. The predicted octanol–water partition coefficient (Wildman–Crippen LogP) is 4.34. The number of aromatic nitrogens is 1. The van der Waals surface area contributed by atoms with Crippen LogP contribution in [0.25, 0.3) is 16.6 Å². The lowest BCUT2D eigenvalue weighted by molar-refractivity contribution is -0.149. The predicted molar refractivity (Wildman–Crippen MR) is 139 cm³/mol. The van der Waals surface area contributed by atoms with Gasteiger partial charge in [0.05, 0.1) is 12.1 Å². The van der Waals surface area contributed by atoms with Gasteiger partial charge in [0, 0.05) is 30.5 Å². The molecule has 1 atom stereocenters. The van der Waals surface area contributed by atoms with Gasteiger partial charge in [-0.2, -0.15) is 0 Å². The number of hydrogen-bond donors (Lipinski definition) is 1. The molecule has 1 amide bonds. The number of esters is 2. The maximum absolute atomic E-state index is 13.7. The number of likely N-dealkylation sites (N-methyl/N-ethyl adjacent to an activating group) is 1. The standard InChI is InChI=1S/C28H35N3O5/c1-5-24(32)35-21(19-30(7-3)8-4)18-29-28(34)26-27(36-25(33)6-2)22-16-12-13-17-23(22)31(26)20-14-10-9-11-15-20/h9-17,21H,5-8,18-19H2,1-4H3,(H,29,34). The summed E-state index contributed by atoms with van der Waals surface area (Å²) in [7, 11) is 0. The van der Waals surface area contributed by atoms with Crippen LogP contribution in [0.3, 0.4) is 0 Å². The van der Waals surface area contributed by atoms with Crippen LogP contribution in [0.1, 0.15) is 51.0 Å². The molecule has 1 unspecified atom stereocenters. The molecule has 0 bridgehead atoms. The molecule has 0 saturated heterocycles. The molecule has 1 heterocycles. The highest BCUT2D eigenvalue weighted by atomic mass is 16.5. The molecule has 0 spiro atoms. The summed E-state index contributed by atoms with van der Waals surface area (Å²) in [4.78, 5) is 40.2. The molecule has 1 N–H and O–H groups in total. The van der Waals surface area contributed by atoms with Crippen molar-refractivity contribution in [1.82, 2.24) is 14.8 Å². The third kappa shape index (κ3) is 6.31. The van der Waals surface area contributed by atoms with Crippen LogP contribution in [0.2, 0.25) is 0 Å². The van der Waals surface area contributed by atoms with Crippen molar-refractivity contribution in [2.24, 2.45) is 0 Å². The quantitative estimate of drug-likeness (QED) is 0.378. The zero-order valence-corrected chi connectivity index (χ0v) is 21.5. The molecule has 2 aromatic carbocycles. The summed E-state index contributed by atoms with van der Waals surface area (Å²) in [6, 6.07) is 16.9. The van der Waals surface area contributed by atoms with Gasteiger partial charge in [0.1, 0.15) is 6.10 Å². The summed E-state index contributed by atoms with van der Waals surface area (Å²) < 4.78 is 13.1. The van der Waals surface area contributed by atoms with E-state index >= 15 is 0 Å². The third-order valence-electron chi connectivity index (χ3n) is 6.00. The number of nitrogens with zero attached hydrogens (tertiary/aromatic N) is 2. The lowest BCUT2D eigenvalue weighted by Crippen LogP contribution is -2.43. The van der Waals surface area contributed by atoms with E-state index in [2.05, 4.69) is 10.2 Å². The number of para-hydroxylation sites is 2. The Morgan fingerprint density at radius 3 is 2.17 bits per heavy atom. The Labute approximate surface area is 212 Å². The maximum atomic E-state index is 13.7. The SMILES string of the molecule is CCC(=O)Oc1c(C(=O)NCC(CN(CC)CC)OC(=O)CC)n(-c2ccccc2)c2ccccc12. The number of nitrogens with one attached hydrogen (secondary N) is 1. The van der Waals surface area contributed by atoms with E-state index in [0.29, 0.717) is 11.9 Å². The molecule has 8 heteroatoms. The summed E-state index contributed by atoms with van der Waals surface area (Å²) in [5.74, 6) is -0.968. The number of carbonyl (C=O) groups is 3. The summed E-state index contributed by atoms with van der Waals surface area (Å²) in [5.41, 5.74) is 1.72. The van der Waals surface area contributed by atoms with Crippen molar-refractivity contribution in [1.29, 1.82) is 0 Å². The number of carbonyl (C=O) groups excluding carboxylic acids is 3. The number of amides is 1. The molecular formula is C28H35N3O5. The molecular weight excluding hydrogens is 458 g/mol. The monoisotopic (exact) mass is 493 g/mol. The van der Waals surface area contributed by atoms with E-state index in [9.17, 15) is 14.4 Å². The second-order valence-electron chi connectivity index (χ2n) is 8.35. The topological polar surface area (TPSA) is 89.9 Å². The van der Waals surface area contributed by atoms with Gasteiger partial charge in [0.25, 0.3) is 5.91 Å². The van der Waals surface area contributed by atoms with Gasteiger partial charge in [-0.1, -0.05) is 58.0 Å². The number of benzene rings is 2. The highest BCUT2D eigenvalue weighted by Gasteiger charge is 2.27. The first-order chi connectivity index (χ1) is 17.4. The highest BCUT2D eigenvalue weighted by molar-refractivity contribution is 6.06. The Bertz CT molecular complexity index is 1180. The van der Waals surface area contributed by atoms with Gasteiger partial charge in [-0.25, -0.2) is 0 Å². The Kier molecular flexibility index (Phi) is 9.64. The molecule has 36 heavy (non-hydrogen) atoms. The van der Waals surface area contributed by atoms with Gasteiger partial charge in [0.15, 0.2) is 11.4 Å². The van der Waals surface area contributed by atoms with E-state index in [1.54, 1.807) is 18.4 Å². The fraction of sp³-hybridized carbons (Fsp3) is 0.393. The van der Waals surface area contributed by atoms with Crippen molar-refractivity contribution in [2.45, 2.75) is 46.6 Å². The first kappa shape index (κ1) is 26.9. The van der Waals surface area contributed by atoms with E-state index in [1.165, 1.54) is 0 Å². The van der Waals surface area contributed by atoms with Gasteiger partial charge in [-0.05, 0) is 37.4 Å². The third-order valence-corrected chi connectivity index (χ3v) is 6.00. The van der Waals surface area contributed by atoms with Gasteiger partial charge < -0.3 is 24.3 Å². The van der Waals surface area contributed by atoms with Crippen LogP contribution in [-0.2, 0) is 14.3 Å². The molecule has 192 valence electrons. The molecule has 1 aromatic heterocycles. The second kappa shape index (κ2) is 12.9. The minimum atomic E-state index is -0.516. The molecule has 8 nitrogen and oxygen atoms in total. The van der Waals surface area contributed by atoms with Crippen molar-refractivity contribution in [3.8, 4) is 11.4 Å². The summed E-state index contributed by atoms with van der Waals surface area (Å²) >= 11 is 0. The summed E-state index contributed by atoms with van der Waals surface area (Å²) in [6.07, 6.45) is -0.0927. The molecule has 0 aliphatic carbocycles. The van der Waals surface area contributed by atoms with Crippen LogP contribution in [0.15, 0.2) is 54.6 Å². The molecule has 3 aromatic rings. The minimum absolute atomic E-state index is 0.124. The first-order valence-corrected chi connectivity index (χ1v) is 12.5. The average molecular weight is 494 g/mol. The van der Waals surface area contributed by atoms with Crippen LogP contribution >= 0.6 is 0 Å². The Morgan fingerprint density at radius 1 is 0.889 bits per heavy atom. The van der Waals surface area contributed by atoms with Crippen LogP contribution in [-0.4, -0.2) is 59.6 Å². The van der Waals surface area contributed by atoms with Crippen molar-refractivity contribution >= 4 is 28.7 Å². The number of hydrogen-bond acceptors (Lipinski definition) is 6.